The second-order valence-corrected chi connectivity index (χ2v) is 6.83. The summed E-state index contributed by atoms with van der Waals surface area (Å²) in [4.78, 5) is 17.2. The van der Waals surface area contributed by atoms with Gasteiger partial charge in [0.15, 0.2) is 0 Å². The van der Waals surface area contributed by atoms with Crippen molar-refractivity contribution in [3.63, 3.8) is 0 Å². The van der Waals surface area contributed by atoms with Gasteiger partial charge in [-0.1, -0.05) is 36.4 Å². The summed E-state index contributed by atoms with van der Waals surface area (Å²) in [6.07, 6.45) is 1.63. The van der Waals surface area contributed by atoms with E-state index >= 15 is 0 Å². The summed E-state index contributed by atoms with van der Waals surface area (Å²) in [7, 11) is 0. The van der Waals surface area contributed by atoms with Crippen molar-refractivity contribution in [1.82, 2.24) is 19.6 Å². The molecule has 2 heterocycles. The fourth-order valence-corrected chi connectivity index (χ4v) is 3.32. The Morgan fingerprint density at radius 1 is 1.00 bits per heavy atom. The number of benzene rings is 3. The van der Waals surface area contributed by atoms with Gasteiger partial charge in [-0.25, -0.2) is 4.98 Å². The fraction of sp³-hybridized carbons (Fsp3) is 0.0435. The van der Waals surface area contributed by atoms with Gasteiger partial charge in [0.2, 0.25) is 5.65 Å². The molecule has 0 fully saturated rings. The van der Waals surface area contributed by atoms with Crippen LogP contribution in [0.5, 0.6) is 11.6 Å². The van der Waals surface area contributed by atoms with Crippen LogP contribution in [0.25, 0.3) is 16.7 Å². The van der Waals surface area contributed by atoms with Crippen molar-refractivity contribution in [2.24, 2.45) is 0 Å². The van der Waals surface area contributed by atoms with Crippen LogP contribution in [0.1, 0.15) is 15.9 Å². The second kappa shape index (κ2) is 7.29. The van der Waals surface area contributed by atoms with Crippen LogP contribution in [0.3, 0.4) is 0 Å². The Morgan fingerprint density at radius 2 is 1.83 bits per heavy atom. The summed E-state index contributed by atoms with van der Waals surface area (Å²) in [6, 6.07) is 22.3. The molecule has 7 nitrogen and oxygen atoms in total. The van der Waals surface area contributed by atoms with Crippen LogP contribution in [0, 0.1) is 6.92 Å². The molecule has 0 spiro atoms. The lowest BCUT2D eigenvalue weighted by atomic mass is 10.1. The van der Waals surface area contributed by atoms with Gasteiger partial charge in [-0.3, -0.25) is 9.20 Å². The van der Waals surface area contributed by atoms with Crippen LogP contribution in [0.4, 0.5) is 5.69 Å². The third kappa shape index (κ3) is 3.22. The molecule has 0 bridgehead atoms. The molecule has 0 radical (unpaired) electrons. The highest BCUT2D eigenvalue weighted by molar-refractivity contribution is 6.05. The summed E-state index contributed by atoms with van der Waals surface area (Å²) in [5.74, 6) is 0.702. The number of aromatic nitrogens is 4. The van der Waals surface area contributed by atoms with Crippen molar-refractivity contribution in [2.45, 2.75) is 6.92 Å². The largest absolute Gasteiger partial charge is 0.436 e. The lowest BCUT2D eigenvalue weighted by Gasteiger charge is -2.11. The first-order valence-electron chi connectivity index (χ1n) is 9.42. The minimum atomic E-state index is -0.172. The molecule has 0 unspecified atom stereocenters. The van der Waals surface area contributed by atoms with Gasteiger partial charge in [0.1, 0.15) is 12.1 Å². The van der Waals surface area contributed by atoms with E-state index in [1.807, 2.05) is 65.9 Å². The number of nitrogens with zero attached hydrogens (tertiary/aromatic N) is 4. The Labute approximate surface area is 172 Å². The number of carbonyl (C=O) groups excluding carboxylic acids is 1. The van der Waals surface area contributed by atoms with E-state index < -0.39 is 0 Å². The van der Waals surface area contributed by atoms with E-state index in [1.165, 1.54) is 0 Å². The van der Waals surface area contributed by atoms with Crippen molar-refractivity contribution >= 4 is 28.3 Å². The van der Waals surface area contributed by atoms with Crippen LogP contribution in [-0.2, 0) is 0 Å². The average Bonchev–Trinajstić information content (AvgIpc) is 3.25. The van der Waals surface area contributed by atoms with E-state index in [9.17, 15) is 4.79 Å². The van der Waals surface area contributed by atoms with Gasteiger partial charge in [-0.05, 0) is 42.8 Å². The predicted molar refractivity (Wildman–Crippen MR) is 114 cm³/mol. The first kappa shape index (κ1) is 17.8. The second-order valence-electron chi connectivity index (χ2n) is 6.83. The van der Waals surface area contributed by atoms with Crippen molar-refractivity contribution in [3.8, 4) is 11.6 Å². The lowest BCUT2D eigenvalue weighted by molar-refractivity contribution is 0.102. The lowest BCUT2D eigenvalue weighted by Crippen LogP contribution is -2.13. The number of para-hydroxylation sites is 2. The quantitative estimate of drug-likeness (QED) is 0.480. The molecule has 0 aliphatic rings. The molecule has 0 aliphatic carbocycles. The van der Waals surface area contributed by atoms with Gasteiger partial charge in [0.05, 0.1) is 11.0 Å². The molecule has 3 aromatic carbocycles. The topological polar surface area (TPSA) is 81.4 Å². The summed E-state index contributed by atoms with van der Waals surface area (Å²) in [5.41, 5.74) is 4.34. The number of rotatable bonds is 4. The number of fused-ring (bicyclic) bond motifs is 3. The van der Waals surface area contributed by atoms with Gasteiger partial charge in [0.25, 0.3) is 11.8 Å². The monoisotopic (exact) mass is 395 g/mol. The number of hydrogen-bond donors (Lipinski definition) is 1. The van der Waals surface area contributed by atoms with Gasteiger partial charge in [0, 0.05) is 17.3 Å². The molecular formula is C23H17N5O2. The third-order valence-corrected chi connectivity index (χ3v) is 4.80. The van der Waals surface area contributed by atoms with E-state index in [0.29, 0.717) is 28.5 Å². The van der Waals surface area contributed by atoms with Crippen molar-refractivity contribution in [3.05, 3.63) is 90.3 Å². The molecule has 0 saturated heterocycles. The number of aryl methyl sites for hydroxylation is 1. The highest BCUT2D eigenvalue weighted by Gasteiger charge is 2.13. The molecule has 0 saturated carbocycles. The highest BCUT2D eigenvalue weighted by atomic mass is 16.5. The Hall–Kier alpha value is -4.26. The van der Waals surface area contributed by atoms with Crippen molar-refractivity contribution in [1.29, 1.82) is 0 Å². The van der Waals surface area contributed by atoms with Gasteiger partial charge in [-0.15, -0.1) is 10.2 Å². The molecule has 30 heavy (non-hydrogen) atoms. The van der Waals surface area contributed by atoms with Gasteiger partial charge < -0.3 is 10.1 Å². The van der Waals surface area contributed by atoms with E-state index in [0.717, 1.165) is 16.6 Å². The molecule has 7 heteroatoms. The Kier molecular flexibility index (Phi) is 4.33. The Balaban J connectivity index is 1.46. The van der Waals surface area contributed by atoms with Crippen LogP contribution in [0.2, 0.25) is 0 Å². The summed E-state index contributed by atoms with van der Waals surface area (Å²) < 4.78 is 7.86. The maximum absolute atomic E-state index is 12.6. The molecule has 2 aromatic heterocycles. The summed E-state index contributed by atoms with van der Waals surface area (Å²) >= 11 is 0. The van der Waals surface area contributed by atoms with Crippen LogP contribution >= 0.6 is 0 Å². The smallest absolute Gasteiger partial charge is 0.266 e. The molecule has 0 aliphatic heterocycles. The van der Waals surface area contributed by atoms with Gasteiger partial charge in [-0.2, -0.15) is 0 Å². The Bertz CT molecular complexity index is 1390. The number of anilines is 1. The Morgan fingerprint density at radius 3 is 2.73 bits per heavy atom. The summed E-state index contributed by atoms with van der Waals surface area (Å²) in [6.45, 7) is 1.91. The van der Waals surface area contributed by atoms with Crippen molar-refractivity contribution in [2.75, 3.05) is 5.32 Å². The molecule has 1 N–H and O–H groups in total. The van der Waals surface area contributed by atoms with Crippen LogP contribution in [0.15, 0.2) is 79.1 Å². The third-order valence-electron chi connectivity index (χ3n) is 4.80. The van der Waals surface area contributed by atoms with E-state index in [1.54, 1.807) is 24.5 Å². The molecule has 5 rings (SSSR count). The van der Waals surface area contributed by atoms with E-state index in [4.69, 9.17) is 4.74 Å². The molecular weight excluding hydrogens is 378 g/mol. The summed E-state index contributed by atoms with van der Waals surface area (Å²) in [5, 5.41) is 11.0. The number of amides is 1. The SMILES string of the molecule is Cc1ccccc1C(=O)Nc1cccc(Oc2nc3ccccc3n3cnnc23)c1. The highest BCUT2D eigenvalue weighted by Crippen LogP contribution is 2.28. The van der Waals surface area contributed by atoms with Crippen LogP contribution < -0.4 is 10.1 Å². The number of ether oxygens (including phenoxy) is 1. The van der Waals surface area contributed by atoms with Gasteiger partial charge >= 0.3 is 0 Å². The zero-order chi connectivity index (χ0) is 20.5. The first-order chi connectivity index (χ1) is 14.7. The predicted octanol–water partition coefficient (Wildman–Crippen LogP) is 4.63. The number of hydrogen-bond acceptors (Lipinski definition) is 5. The van der Waals surface area contributed by atoms with E-state index in [-0.39, 0.29) is 5.91 Å². The maximum Gasteiger partial charge on any atom is 0.266 e. The first-order valence-corrected chi connectivity index (χ1v) is 9.42. The molecule has 5 aromatic rings. The molecule has 1 amide bonds. The minimum absolute atomic E-state index is 0.172. The van der Waals surface area contributed by atoms with E-state index in [2.05, 4.69) is 20.5 Å². The standard InChI is InChI=1S/C23H17N5O2/c1-15-7-2-3-10-18(15)22(29)25-16-8-6-9-17(13-16)30-23-21-27-24-14-28(21)20-12-5-4-11-19(20)26-23/h2-14H,1H3,(H,25,29). The minimum Gasteiger partial charge on any atom is -0.436 e. The zero-order valence-corrected chi connectivity index (χ0v) is 16.1. The normalized spacial score (nSPS) is 11.0. The molecule has 0 atom stereocenters. The average molecular weight is 395 g/mol. The number of nitrogens with one attached hydrogen (secondary N) is 1. The fourth-order valence-electron chi connectivity index (χ4n) is 3.32. The molecule has 146 valence electrons. The maximum atomic E-state index is 12.6. The number of carbonyl (C=O) groups is 1. The zero-order valence-electron chi connectivity index (χ0n) is 16.1. The van der Waals surface area contributed by atoms with Crippen LogP contribution in [-0.4, -0.2) is 25.5 Å². The van der Waals surface area contributed by atoms with Crippen molar-refractivity contribution < 1.29 is 9.53 Å².